The van der Waals surface area contributed by atoms with Crippen LogP contribution in [-0.4, -0.2) is 17.6 Å². The minimum Gasteiger partial charge on any atom is -0.478 e. The molecule has 0 saturated carbocycles. The Bertz CT molecular complexity index is 606. The first kappa shape index (κ1) is 12.4. The Morgan fingerprint density at radius 1 is 1.42 bits per heavy atom. The highest BCUT2D eigenvalue weighted by Gasteiger charge is 2.24. The fraction of sp³-hybridized carbons (Fsp3) is 0.267. The SMILES string of the molecule is O=C(O)c1csc(CNCC2Cc3ccccc32)c1. The molecule has 1 aliphatic rings. The Hall–Kier alpha value is -1.65. The molecule has 1 aromatic carbocycles. The van der Waals surface area contributed by atoms with Crippen molar-refractivity contribution >= 4 is 17.3 Å². The molecule has 2 N–H and O–H groups in total. The monoisotopic (exact) mass is 273 g/mol. The van der Waals surface area contributed by atoms with Crippen molar-refractivity contribution in [3.8, 4) is 0 Å². The van der Waals surface area contributed by atoms with Crippen LogP contribution in [-0.2, 0) is 13.0 Å². The maximum absolute atomic E-state index is 10.8. The molecule has 3 rings (SSSR count). The molecule has 0 spiro atoms. The number of carbonyl (C=O) groups is 1. The molecule has 1 atom stereocenters. The first-order valence-corrected chi connectivity index (χ1v) is 7.21. The summed E-state index contributed by atoms with van der Waals surface area (Å²) in [7, 11) is 0. The van der Waals surface area contributed by atoms with Gasteiger partial charge in [-0.15, -0.1) is 11.3 Å². The van der Waals surface area contributed by atoms with E-state index in [1.807, 2.05) is 0 Å². The van der Waals surface area contributed by atoms with Gasteiger partial charge in [-0.05, 0) is 23.6 Å². The van der Waals surface area contributed by atoms with Gasteiger partial charge in [-0.25, -0.2) is 4.79 Å². The van der Waals surface area contributed by atoms with Crippen molar-refractivity contribution in [3.63, 3.8) is 0 Å². The van der Waals surface area contributed by atoms with E-state index in [9.17, 15) is 4.79 Å². The summed E-state index contributed by atoms with van der Waals surface area (Å²) in [6.07, 6.45) is 1.15. The lowest BCUT2D eigenvalue weighted by molar-refractivity contribution is 0.0697. The van der Waals surface area contributed by atoms with Crippen molar-refractivity contribution in [1.82, 2.24) is 5.32 Å². The fourth-order valence-corrected chi connectivity index (χ4v) is 3.33. The number of thiophene rings is 1. The third-order valence-corrected chi connectivity index (χ3v) is 4.49. The summed E-state index contributed by atoms with van der Waals surface area (Å²) >= 11 is 1.50. The van der Waals surface area contributed by atoms with Gasteiger partial charge in [-0.2, -0.15) is 0 Å². The van der Waals surface area contributed by atoms with Gasteiger partial charge >= 0.3 is 5.97 Å². The van der Waals surface area contributed by atoms with E-state index in [-0.39, 0.29) is 0 Å². The van der Waals surface area contributed by atoms with Gasteiger partial charge in [-0.1, -0.05) is 24.3 Å². The van der Waals surface area contributed by atoms with Gasteiger partial charge in [0.1, 0.15) is 0 Å². The lowest BCUT2D eigenvalue weighted by Gasteiger charge is -2.30. The second kappa shape index (κ2) is 5.15. The van der Waals surface area contributed by atoms with E-state index in [2.05, 4.69) is 29.6 Å². The van der Waals surface area contributed by atoms with Crippen LogP contribution in [0.5, 0.6) is 0 Å². The van der Waals surface area contributed by atoms with Crippen LogP contribution in [0.25, 0.3) is 0 Å². The smallest absolute Gasteiger partial charge is 0.336 e. The van der Waals surface area contributed by atoms with E-state index in [1.54, 1.807) is 11.4 Å². The van der Waals surface area contributed by atoms with Crippen LogP contribution in [0.2, 0.25) is 0 Å². The van der Waals surface area contributed by atoms with Crippen molar-refractivity contribution in [2.45, 2.75) is 18.9 Å². The summed E-state index contributed by atoms with van der Waals surface area (Å²) < 4.78 is 0. The van der Waals surface area contributed by atoms with Crippen LogP contribution in [0.1, 0.15) is 32.3 Å². The molecule has 1 aliphatic carbocycles. The standard InChI is InChI=1S/C15H15NO2S/c17-15(18)12-6-13(19-9-12)8-16-7-11-5-10-3-1-2-4-14(10)11/h1-4,6,9,11,16H,5,7-8H2,(H,17,18). The second-order valence-electron chi connectivity index (χ2n) is 4.84. The topological polar surface area (TPSA) is 49.3 Å². The van der Waals surface area contributed by atoms with Crippen LogP contribution >= 0.6 is 11.3 Å². The van der Waals surface area contributed by atoms with Crippen LogP contribution in [0.15, 0.2) is 35.7 Å². The molecule has 1 heterocycles. The van der Waals surface area contributed by atoms with Gasteiger partial charge in [0.25, 0.3) is 0 Å². The molecule has 2 aromatic rings. The highest BCUT2D eigenvalue weighted by atomic mass is 32.1. The Morgan fingerprint density at radius 3 is 3.00 bits per heavy atom. The number of benzene rings is 1. The molecule has 0 bridgehead atoms. The van der Waals surface area contributed by atoms with Crippen molar-refractivity contribution in [2.24, 2.45) is 0 Å². The predicted octanol–water partition coefficient (Wildman–Crippen LogP) is 2.88. The minimum atomic E-state index is -0.851. The number of carboxylic acids is 1. The number of carboxylic acid groups (broad SMARTS) is 1. The number of hydrogen-bond acceptors (Lipinski definition) is 3. The van der Waals surface area contributed by atoms with E-state index in [1.165, 1.54) is 22.5 Å². The van der Waals surface area contributed by atoms with Crippen molar-refractivity contribution in [3.05, 3.63) is 57.3 Å². The minimum absolute atomic E-state index is 0.385. The molecule has 4 heteroatoms. The number of hydrogen-bond donors (Lipinski definition) is 2. The van der Waals surface area contributed by atoms with Gasteiger partial charge in [0.05, 0.1) is 5.56 Å². The lowest BCUT2D eigenvalue weighted by Crippen LogP contribution is -2.28. The number of fused-ring (bicyclic) bond motifs is 1. The fourth-order valence-electron chi connectivity index (χ4n) is 2.50. The first-order valence-electron chi connectivity index (χ1n) is 6.33. The van der Waals surface area contributed by atoms with Crippen molar-refractivity contribution in [2.75, 3.05) is 6.54 Å². The number of aromatic carboxylic acids is 1. The van der Waals surface area contributed by atoms with Gasteiger partial charge in [-0.3, -0.25) is 0 Å². The lowest BCUT2D eigenvalue weighted by atomic mass is 9.77. The van der Waals surface area contributed by atoms with Gasteiger partial charge in [0.2, 0.25) is 0 Å². The van der Waals surface area contributed by atoms with Crippen molar-refractivity contribution < 1.29 is 9.90 Å². The maximum Gasteiger partial charge on any atom is 0.336 e. The zero-order chi connectivity index (χ0) is 13.2. The number of rotatable bonds is 5. The van der Waals surface area contributed by atoms with Crippen LogP contribution < -0.4 is 5.32 Å². The quantitative estimate of drug-likeness (QED) is 0.880. The summed E-state index contributed by atoms with van der Waals surface area (Å²) in [6.45, 7) is 1.70. The molecule has 0 fully saturated rings. The number of nitrogens with one attached hydrogen (secondary N) is 1. The average molecular weight is 273 g/mol. The summed E-state index contributed by atoms with van der Waals surface area (Å²) in [4.78, 5) is 11.8. The summed E-state index contributed by atoms with van der Waals surface area (Å²) in [5, 5.41) is 14.0. The summed E-state index contributed by atoms with van der Waals surface area (Å²) in [5.74, 6) is -0.245. The summed E-state index contributed by atoms with van der Waals surface area (Å²) in [5.41, 5.74) is 3.29. The molecule has 0 radical (unpaired) electrons. The largest absolute Gasteiger partial charge is 0.478 e. The highest BCUT2D eigenvalue weighted by molar-refractivity contribution is 7.10. The predicted molar refractivity (Wildman–Crippen MR) is 75.9 cm³/mol. The molecule has 0 amide bonds. The zero-order valence-corrected chi connectivity index (χ0v) is 11.2. The Balaban J connectivity index is 1.50. The van der Waals surface area contributed by atoms with Crippen LogP contribution in [0, 0.1) is 0 Å². The van der Waals surface area contributed by atoms with E-state index in [0.29, 0.717) is 11.5 Å². The molecule has 0 saturated heterocycles. The highest BCUT2D eigenvalue weighted by Crippen LogP contribution is 2.34. The zero-order valence-electron chi connectivity index (χ0n) is 10.4. The maximum atomic E-state index is 10.8. The van der Waals surface area contributed by atoms with Crippen LogP contribution in [0.4, 0.5) is 0 Å². The van der Waals surface area contributed by atoms with E-state index >= 15 is 0 Å². The van der Waals surface area contributed by atoms with E-state index in [0.717, 1.165) is 24.4 Å². The normalized spacial score (nSPS) is 16.7. The molecule has 0 aliphatic heterocycles. The van der Waals surface area contributed by atoms with E-state index < -0.39 is 5.97 Å². The summed E-state index contributed by atoms with van der Waals surface area (Å²) in [6, 6.07) is 10.3. The van der Waals surface area contributed by atoms with E-state index in [4.69, 9.17) is 5.11 Å². The molecule has 1 unspecified atom stereocenters. The molecular weight excluding hydrogens is 258 g/mol. The van der Waals surface area contributed by atoms with Gasteiger partial charge < -0.3 is 10.4 Å². The average Bonchev–Trinajstić information content (AvgIpc) is 2.84. The molecular formula is C15H15NO2S. The third kappa shape index (κ3) is 2.55. The second-order valence-corrected chi connectivity index (χ2v) is 5.83. The Labute approximate surface area is 115 Å². The van der Waals surface area contributed by atoms with Gasteiger partial charge in [0.15, 0.2) is 0 Å². The Kier molecular flexibility index (Phi) is 3.36. The molecule has 1 aromatic heterocycles. The van der Waals surface area contributed by atoms with Gasteiger partial charge in [0, 0.05) is 29.3 Å². The molecule has 19 heavy (non-hydrogen) atoms. The molecule has 3 nitrogen and oxygen atoms in total. The molecule has 98 valence electrons. The Morgan fingerprint density at radius 2 is 2.26 bits per heavy atom. The first-order chi connectivity index (χ1) is 9.24. The van der Waals surface area contributed by atoms with Crippen molar-refractivity contribution in [1.29, 1.82) is 0 Å². The van der Waals surface area contributed by atoms with Crippen LogP contribution in [0.3, 0.4) is 0 Å². The third-order valence-electron chi connectivity index (χ3n) is 3.55.